The van der Waals surface area contributed by atoms with Crippen molar-refractivity contribution >= 4 is 27.8 Å². The van der Waals surface area contributed by atoms with Crippen LogP contribution in [0.4, 0.5) is 10.6 Å². The fraction of sp³-hybridized carbons (Fsp3) is 0.200. The SMILES string of the molecule is Cc1cnc(NC(=O)NCc2ccccc2C)c(Br)c1. The van der Waals surface area contributed by atoms with Crippen LogP contribution >= 0.6 is 15.9 Å². The molecule has 0 radical (unpaired) electrons. The van der Waals surface area contributed by atoms with Gasteiger partial charge in [-0.05, 0) is 52.5 Å². The second kappa shape index (κ2) is 6.52. The normalized spacial score (nSPS) is 10.2. The summed E-state index contributed by atoms with van der Waals surface area (Å²) in [6, 6.07) is 9.59. The molecule has 1 heterocycles. The van der Waals surface area contributed by atoms with Crippen molar-refractivity contribution in [2.75, 3.05) is 5.32 Å². The maximum absolute atomic E-state index is 11.9. The summed E-state index contributed by atoms with van der Waals surface area (Å²) in [5.41, 5.74) is 3.28. The van der Waals surface area contributed by atoms with Crippen molar-refractivity contribution in [3.8, 4) is 0 Å². The van der Waals surface area contributed by atoms with Gasteiger partial charge in [0, 0.05) is 12.7 Å². The van der Waals surface area contributed by atoms with Crippen LogP contribution in [0.2, 0.25) is 0 Å². The van der Waals surface area contributed by atoms with Gasteiger partial charge in [0.1, 0.15) is 5.82 Å². The molecule has 104 valence electrons. The molecular weight excluding hydrogens is 318 g/mol. The van der Waals surface area contributed by atoms with E-state index < -0.39 is 0 Å². The number of nitrogens with zero attached hydrogens (tertiary/aromatic N) is 1. The first-order valence-corrected chi connectivity index (χ1v) is 7.07. The quantitative estimate of drug-likeness (QED) is 0.897. The molecule has 0 unspecified atom stereocenters. The van der Waals surface area contributed by atoms with Gasteiger partial charge in [0.15, 0.2) is 0 Å². The summed E-state index contributed by atoms with van der Waals surface area (Å²) in [6.07, 6.45) is 1.71. The predicted octanol–water partition coefficient (Wildman–Crippen LogP) is 3.78. The molecule has 0 aliphatic heterocycles. The average molecular weight is 334 g/mol. The molecular formula is C15H16BrN3O. The van der Waals surface area contributed by atoms with Crippen LogP contribution < -0.4 is 10.6 Å². The number of benzene rings is 1. The van der Waals surface area contributed by atoms with Gasteiger partial charge in [-0.25, -0.2) is 9.78 Å². The second-order valence-electron chi connectivity index (χ2n) is 4.58. The van der Waals surface area contributed by atoms with Crippen molar-refractivity contribution < 1.29 is 4.79 Å². The van der Waals surface area contributed by atoms with E-state index in [1.165, 1.54) is 0 Å². The van der Waals surface area contributed by atoms with Crippen LogP contribution in [0.3, 0.4) is 0 Å². The Kier molecular flexibility index (Phi) is 4.74. The molecule has 2 aromatic rings. The lowest BCUT2D eigenvalue weighted by molar-refractivity contribution is 0.251. The van der Waals surface area contributed by atoms with E-state index in [4.69, 9.17) is 0 Å². The number of urea groups is 1. The van der Waals surface area contributed by atoms with Crippen molar-refractivity contribution in [3.63, 3.8) is 0 Å². The minimum atomic E-state index is -0.273. The van der Waals surface area contributed by atoms with Gasteiger partial charge in [-0.2, -0.15) is 0 Å². The molecule has 5 heteroatoms. The van der Waals surface area contributed by atoms with E-state index in [-0.39, 0.29) is 6.03 Å². The van der Waals surface area contributed by atoms with E-state index in [0.29, 0.717) is 12.4 Å². The van der Waals surface area contributed by atoms with E-state index in [2.05, 4.69) is 31.5 Å². The molecule has 0 atom stereocenters. The largest absolute Gasteiger partial charge is 0.334 e. The fourth-order valence-corrected chi connectivity index (χ4v) is 2.32. The number of nitrogens with one attached hydrogen (secondary N) is 2. The molecule has 2 amide bonds. The maximum atomic E-state index is 11.9. The van der Waals surface area contributed by atoms with E-state index in [1.54, 1.807) is 6.20 Å². The molecule has 4 nitrogen and oxygen atoms in total. The van der Waals surface area contributed by atoms with Gasteiger partial charge >= 0.3 is 6.03 Å². The van der Waals surface area contributed by atoms with Crippen molar-refractivity contribution in [1.29, 1.82) is 0 Å². The van der Waals surface area contributed by atoms with Crippen molar-refractivity contribution in [2.24, 2.45) is 0 Å². The Labute approximate surface area is 126 Å². The number of rotatable bonds is 3. The topological polar surface area (TPSA) is 54.0 Å². The first kappa shape index (κ1) is 14.5. The van der Waals surface area contributed by atoms with Gasteiger partial charge in [-0.15, -0.1) is 0 Å². The molecule has 0 aliphatic carbocycles. The molecule has 2 N–H and O–H groups in total. The zero-order chi connectivity index (χ0) is 14.5. The summed E-state index contributed by atoms with van der Waals surface area (Å²) in [4.78, 5) is 16.0. The number of aryl methyl sites for hydroxylation is 2. The van der Waals surface area contributed by atoms with Gasteiger partial charge in [0.25, 0.3) is 0 Å². The van der Waals surface area contributed by atoms with Crippen molar-refractivity contribution in [2.45, 2.75) is 20.4 Å². The van der Waals surface area contributed by atoms with Gasteiger partial charge in [0.05, 0.1) is 4.47 Å². The number of amides is 2. The summed E-state index contributed by atoms with van der Waals surface area (Å²) in [5, 5.41) is 5.54. The molecule has 0 fully saturated rings. The second-order valence-corrected chi connectivity index (χ2v) is 5.43. The highest BCUT2D eigenvalue weighted by Crippen LogP contribution is 2.20. The third-order valence-corrected chi connectivity index (χ3v) is 3.51. The third kappa shape index (κ3) is 3.81. The zero-order valence-electron chi connectivity index (χ0n) is 11.4. The number of carbonyl (C=O) groups is 1. The van der Waals surface area contributed by atoms with Gasteiger partial charge in [0.2, 0.25) is 0 Å². The van der Waals surface area contributed by atoms with E-state index >= 15 is 0 Å². The lowest BCUT2D eigenvalue weighted by Crippen LogP contribution is -2.29. The van der Waals surface area contributed by atoms with Gasteiger partial charge in [-0.1, -0.05) is 24.3 Å². The number of carbonyl (C=O) groups excluding carboxylic acids is 1. The average Bonchev–Trinajstić information content (AvgIpc) is 2.41. The van der Waals surface area contributed by atoms with E-state index in [9.17, 15) is 4.79 Å². The predicted molar refractivity (Wildman–Crippen MR) is 83.7 cm³/mol. The molecule has 1 aromatic carbocycles. The summed E-state index contributed by atoms with van der Waals surface area (Å²) in [6.45, 7) is 4.45. The molecule has 20 heavy (non-hydrogen) atoms. The Balaban J connectivity index is 1.94. The number of pyridine rings is 1. The zero-order valence-corrected chi connectivity index (χ0v) is 13.0. The van der Waals surface area contributed by atoms with Crippen LogP contribution in [0.15, 0.2) is 41.0 Å². The summed E-state index contributed by atoms with van der Waals surface area (Å²) in [5.74, 6) is 0.512. The van der Waals surface area contributed by atoms with Crippen LogP contribution in [0.5, 0.6) is 0 Å². The summed E-state index contributed by atoms with van der Waals surface area (Å²) in [7, 11) is 0. The van der Waals surface area contributed by atoms with Crippen LogP contribution in [0.25, 0.3) is 0 Å². The summed E-state index contributed by atoms with van der Waals surface area (Å²) < 4.78 is 0.767. The molecule has 0 saturated heterocycles. The monoisotopic (exact) mass is 333 g/mol. The third-order valence-electron chi connectivity index (χ3n) is 2.91. The van der Waals surface area contributed by atoms with Crippen molar-refractivity contribution in [1.82, 2.24) is 10.3 Å². The smallest absolute Gasteiger partial charge is 0.320 e. The minimum absolute atomic E-state index is 0.273. The highest BCUT2D eigenvalue weighted by molar-refractivity contribution is 9.10. The Morgan fingerprint density at radius 3 is 2.75 bits per heavy atom. The maximum Gasteiger partial charge on any atom is 0.320 e. The lowest BCUT2D eigenvalue weighted by atomic mass is 10.1. The lowest BCUT2D eigenvalue weighted by Gasteiger charge is -2.10. The van der Waals surface area contributed by atoms with Crippen LogP contribution in [0.1, 0.15) is 16.7 Å². The minimum Gasteiger partial charge on any atom is -0.334 e. The number of hydrogen-bond donors (Lipinski definition) is 2. The number of hydrogen-bond acceptors (Lipinski definition) is 2. The standard InChI is InChI=1S/C15H16BrN3O/c1-10-7-13(16)14(17-8-10)19-15(20)18-9-12-6-4-3-5-11(12)2/h3-8H,9H2,1-2H3,(H2,17,18,19,20). The Hall–Kier alpha value is -1.88. The molecule has 0 spiro atoms. The van der Waals surface area contributed by atoms with Crippen LogP contribution in [-0.2, 0) is 6.54 Å². The Bertz CT molecular complexity index is 628. The molecule has 1 aromatic heterocycles. The number of aromatic nitrogens is 1. The Morgan fingerprint density at radius 2 is 2.05 bits per heavy atom. The first-order valence-electron chi connectivity index (χ1n) is 6.28. The first-order chi connectivity index (χ1) is 9.56. The highest BCUT2D eigenvalue weighted by Gasteiger charge is 2.07. The van der Waals surface area contributed by atoms with Crippen molar-refractivity contribution in [3.05, 3.63) is 57.7 Å². The highest BCUT2D eigenvalue weighted by atomic mass is 79.9. The Morgan fingerprint density at radius 1 is 1.30 bits per heavy atom. The molecule has 0 bridgehead atoms. The fourth-order valence-electron chi connectivity index (χ4n) is 1.76. The van der Waals surface area contributed by atoms with Crippen LogP contribution in [-0.4, -0.2) is 11.0 Å². The van der Waals surface area contributed by atoms with Gasteiger partial charge in [-0.3, -0.25) is 5.32 Å². The van der Waals surface area contributed by atoms with Gasteiger partial charge < -0.3 is 5.32 Å². The molecule has 2 rings (SSSR count). The summed E-state index contributed by atoms with van der Waals surface area (Å²) >= 11 is 3.38. The molecule has 0 saturated carbocycles. The number of halogens is 1. The van der Waals surface area contributed by atoms with Crippen LogP contribution in [0, 0.1) is 13.8 Å². The van der Waals surface area contributed by atoms with E-state index in [1.807, 2.05) is 44.2 Å². The number of anilines is 1. The molecule has 0 aliphatic rings. The van der Waals surface area contributed by atoms with E-state index in [0.717, 1.165) is 21.2 Å².